The van der Waals surface area contributed by atoms with Gasteiger partial charge in [-0.2, -0.15) is 0 Å². The van der Waals surface area contributed by atoms with Crippen LogP contribution in [0.4, 0.5) is 0 Å². The summed E-state index contributed by atoms with van der Waals surface area (Å²) in [6, 6.07) is 3.42. The van der Waals surface area contributed by atoms with Crippen LogP contribution in [-0.4, -0.2) is 59.5 Å². The monoisotopic (exact) mass is 266 g/mol. The van der Waals surface area contributed by atoms with Crippen LogP contribution >= 0.6 is 0 Å². The van der Waals surface area contributed by atoms with Crippen molar-refractivity contribution in [3.8, 4) is 0 Å². The highest BCUT2D eigenvalue weighted by atomic mass is 16.3. The molecule has 0 radical (unpaired) electrons. The molecule has 0 bridgehead atoms. The Morgan fingerprint density at radius 3 is 2.74 bits per heavy atom. The van der Waals surface area contributed by atoms with E-state index in [9.17, 15) is 9.59 Å². The zero-order valence-corrected chi connectivity index (χ0v) is 10.9. The first-order valence-electron chi connectivity index (χ1n) is 6.32. The minimum Gasteiger partial charge on any atom is -0.459 e. The highest BCUT2D eigenvalue weighted by Gasteiger charge is 2.32. The second kappa shape index (κ2) is 5.88. The van der Waals surface area contributed by atoms with Crippen LogP contribution in [0.1, 0.15) is 23.4 Å². The predicted molar refractivity (Wildman–Crippen MR) is 67.5 cm³/mol. The topological polar surface area (TPSA) is 74.0 Å². The van der Waals surface area contributed by atoms with Crippen molar-refractivity contribution >= 4 is 11.8 Å². The summed E-state index contributed by atoms with van der Waals surface area (Å²) >= 11 is 0. The standard InChI is InChI=1S/C13H18N2O4/c1-14(13(18)11-3-2-8-19-11)9-12(17)15(6-7-16)10-4-5-10/h2-3,8,10,16H,4-7,9H2,1H3. The lowest BCUT2D eigenvalue weighted by atomic mass is 10.3. The number of carbonyl (C=O) groups excluding carboxylic acids is 2. The molecule has 0 aliphatic heterocycles. The van der Waals surface area contributed by atoms with Gasteiger partial charge in [0.2, 0.25) is 5.91 Å². The third kappa shape index (κ3) is 3.35. The zero-order valence-electron chi connectivity index (χ0n) is 10.9. The molecule has 0 spiro atoms. The maximum atomic E-state index is 12.1. The van der Waals surface area contributed by atoms with Gasteiger partial charge in [-0.25, -0.2) is 0 Å². The highest BCUT2D eigenvalue weighted by Crippen LogP contribution is 2.26. The fraction of sp³-hybridized carbons (Fsp3) is 0.538. The Morgan fingerprint density at radius 2 is 2.21 bits per heavy atom. The second-order valence-electron chi connectivity index (χ2n) is 4.68. The van der Waals surface area contributed by atoms with E-state index < -0.39 is 0 Å². The summed E-state index contributed by atoms with van der Waals surface area (Å²) < 4.78 is 5.01. The van der Waals surface area contributed by atoms with Gasteiger partial charge in [-0.3, -0.25) is 9.59 Å². The lowest BCUT2D eigenvalue weighted by Crippen LogP contribution is -2.43. The van der Waals surface area contributed by atoms with Crippen LogP contribution in [0.15, 0.2) is 22.8 Å². The molecule has 2 amide bonds. The van der Waals surface area contributed by atoms with Gasteiger partial charge in [-0.05, 0) is 25.0 Å². The lowest BCUT2D eigenvalue weighted by Gasteiger charge is -2.24. The summed E-state index contributed by atoms with van der Waals surface area (Å²) in [7, 11) is 1.56. The van der Waals surface area contributed by atoms with E-state index in [2.05, 4.69) is 0 Å². The number of rotatable bonds is 6. The molecule has 1 saturated carbocycles. The maximum Gasteiger partial charge on any atom is 0.289 e. The van der Waals surface area contributed by atoms with Crippen molar-refractivity contribution in [1.82, 2.24) is 9.80 Å². The van der Waals surface area contributed by atoms with Gasteiger partial charge in [-0.15, -0.1) is 0 Å². The third-order valence-corrected chi connectivity index (χ3v) is 3.10. The molecule has 1 aromatic heterocycles. The zero-order chi connectivity index (χ0) is 13.8. The van der Waals surface area contributed by atoms with Crippen molar-refractivity contribution < 1.29 is 19.1 Å². The smallest absolute Gasteiger partial charge is 0.289 e. The number of furan rings is 1. The molecule has 19 heavy (non-hydrogen) atoms. The van der Waals surface area contributed by atoms with Crippen LogP contribution in [-0.2, 0) is 4.79 Å². The number of carbonyl (C=O) groups is 2. The van der Waals surface area contributed by atoms with Crippen molar-refractivity contribution in [1.29, 1.82) is 0 Å². The van der Waals surface area contributed by atoms with E-state index >= 15 is 0 Å². The van der Waals surface area contributed by atoms with Gasteiger partial charge in [-0.1, -0.05) is 0 Å². The lowest BCUT2D eigenvalue weighted by molar-refractivity contribution is -0.132. The Bertz CT molecular complexity index is 440. The summed E-state index contributed by atoms with van der Waals surface area (Å²) in [5.41, 5.74) is 0. The quantitative estimate of drug-likeness (QED) is 0.805. The van der Waals surface area contributed by atoms with E-state index in [1.807, 2.05) is 0 Å². The van der Waals surface area contributed by atoms with E-state index in [0.29, 0.717) is 6.54 Å². The molecule has 1 N–H and O–H groups in total. The average Bonchev–Trinajstić information content (AvgIpc) is 3.08. The second-order valence-corrected chi connectivity index (χ2v) is 4.68. The van der Waals surface area contributed by atoms with Crippen LogP contribution in [0.3, 0.4) is 0 Å². The van der Waals surface area contributed by atoms with Crippen LogP contribution in [0, 0.1) is 0 Å². The van der Waals surface area contributed by atoms with Crippen molar-refractivity contribution in [3.63, 3.8) is 0 Å². The number of nitrogens with zero attached hydrogens (tertiary/aromatic N) is 2. The summed E-state index contributed by atoms with van der Waals surface area (Å²) in [5, 5.41) is 8.97. The minimum atomic E-state index is -0.321. The van der Waals surface area contributed by atoms with Gasteiger partial charge in [0, 0.05) is 19.6 Å². The van der Waals surface area contributed by atoms with E-state index in [1.165, 1.54) is 11.2 Å². The number of aliphatic hydroxyl groups is 1. The highest BCUT2D eigenvalue weighted by molar-refractivity contribution is 5.94. The molecular formula is C13H18N2O4. The Hall–Kier alpha value is -1.82. The number of hydrogen-bond donors (Lipinski definition) is 1. The third-order valence-electron chi connectivity index (χ3n) is 3.10. The summed E-state index contributed by atoms with van der Waals surface area (Å²) in [6.45, 7) is 0.264. The fourth-order valence-electron chi connectivity index (χ4n) is 1.96. The first kappa shape index (κ1) is 13.6. The molecular weight excluding hydrogens is 248 g/mol. The van der Waals surface area contributed by atoms with E-state index in [1.54, 1.807) is 24.1 Å². The summed E-state index contributed by atoms with van der Waals surface area (Å²) in [4.78, 5) is 27.0. The molecule has 6 heteroatoms. The van der Waals surface area contributed by atoms with Gasteiger partial charge < -0.3 is 19.3 Å². The molecule has 2 rings (SSSR count). The van der Waals surface area contributed by atoms with Crippen LogP contribution in [0.25, 0.3) is 0 Å². The SMILES string of the molecule is CN(CC(=O)N(CCO)C1CC1)C(=O)c1ccco1. The van der Waals surface area contributed by atoms with Crippen LogP contribution in [0.5, 0.6) is 0 Å². The minimum absolute atomic E-state index is 0.00394. The molecule has 1 heterocycles. The van der Waals surface area contributed by atoms with Crippen molar-refractivity contribution in [2.45, 2.75) is 18.9 Å². The molecule has 0 unspecified atom stereocenters. The van der Waals surface area contributed by atoms with Gasteiger partial charge in [0.15, 0.2) is 5.76 Å². The first-order chi connectivity index (χ1) is 9.13. The predicted octanol–water partition coefficient (Wildman–Crippen LogP) is 0.335. The Labute approximate surface area is 111 Å². The fourth-order valence-corrected chi connectivity index (χ4v) is 1.96. The molecule has 1 fully saturated rings. The summed E-state index contributed by atoms with van der Waals surface area (Å²) in [6.07, 6.45) is 3.37. The number of likely N-dealkylation sites (N-methyl/N-ethyl adjacent to an activating group) is 1. The number of amides is 2. The van der Waals surface area contributed by atoms with E-state index in [0.717, 1.165) is 12.8 Å². The van der Waals surface area contributed by atoms with Crippen LogP contribution in [0.2, 0.25) is 0 Å². The van der Waals surface area contributed by atoms with Crippen molar-refractivity contribution in [2.75, 3.05) is 26.7 Å². The molecule has 104 valence electrons. The normalized spacial score (nSPS) is 14.2. The van der Waals surface area contributed by atoms with Gasteiger partial charge in [0.25, 0.3) is 5.91 Å². The Kier molecular flexibility index (Phi) is 4.21. The Morgan fingerprint density at radius 1 is 1.47 bits per heavy atom. The van der Waals surface area contributed by atoms with E-state index in [4.69, 9.17) is 9.52 Å². The summed E-state index contributed by atoms with van der Waals surface area (Å²) in [5.74, 6) is -0.243. The van der Waals surface area contributed by atoms with Gasteiger partial charge in [0.05, 0.1) is 19.4 Å². The van der Waals surface area contributed by atoms with Crippen LogP contribution < -0.4 is 0 Å². The molecule has 6 nitrogen and oxygen atoms in total. The molecule has 1 aromatic rings. The number of aliphatic hydroxyl groups excluding tert-OH is 1. The van der Waals surface area contributed by atoms with E-state index in [-0.39, 0.29) is 36.8 Å². The van der Waals surface area contributed by atoms with Gasteiger partial charge in [0.1, 0.15) is 0 Å². The molecule has 1 aliphatic rings. The largest absolute Gasteiger partial charge is 0.459 e. The van der Waals surface area contributed by atoms with Gasteiger partial charge >= 0.3 is 0 Å². The average molecular weight is 266 g/mol. The molecule has 0 saturated heterocycles. The van der Waals surface area contributed by atoms with Crippen molar-refractivity contribution in [2.24, 2.45) is 0 Å². The number of hydrogen-bond acceptors (Lipinski definition) is 4. The molecule has 0 atom stereocenters. The maximum absolute atomic E-state index is 12.1. The molecule has 0 aromatic carbocycles. The molecule has 1 aliphatic carbocycles. The Balaban J connectivity index is 1.92. The van der Waals surface area contributed by atoms with Crippen molar-refractivity contribution in [3.05, 3.63) is 24.2 Å². The first-order valence-corrected chi connectivity index (χ1v) is 6.32.